The number of hydrogen-bond donors (Lipinski definition) is 0. The van der Waals surface area contributed by atoms with Gasteiger partial charge in [-0.2, -0.15) is 0 Å². The molecule has 0 spiro atoms. The average molecular weight is 360 g/mol. The van der Waals surface area contributed by atoms with E-state index in [1.165, 1.54) is 24.5 Å². The molecule has 0 aliphatic carbocycles. The van der Waals surface area contributed by atoms with Crippen LogP contribution >= 0.6 is 0 Å². The molecular formula is C19H22F2N4O. The van der Waals surface area contributed by atoms with Crippen LogP contribution in [-0.2, 0) is 0 Å². The normalized spacial score (nSPS) is 28.8. The molecule has 3 heterocycles. The van der Waals surface area contributed by atoms with Gasteiger partial charge < -0.3 is 9.64 Å². The Kier molecular flexibility index (Phi) is 4.26. The maximum absolute atomic E-state index is 13.1. The third-order valence-corrected chi connectivity index (χ3v) is 5.37. The average Bonchev–Trinajstić information content (AvgIpc) is 2.96. The van der Waals surface area contributed by atoms with Crippen molar-refractivity contribution < 1.29 is 13.5 Å². The van der Waals surface area contributed by atoms with Gasteiger partial charge in [0.25, 0.3) is 0 Å². The van der Waals surface area contributed by atoms with Crippen LogP contribution in [0, 0.1) is 11.6 Å². The van der Waals surface area contributed by atoms with E-state index in [4.69, 9.17) is 4.74 Å². The lowest BCUT2D eigenvalue weighted by Gasteiger charge is -2.42. The molecule has 2 aliphatic rings. The van der Waals surface area contributed by atoms with Crippen LogP contribution in [0.5, 0.6) is 5.75 Å². The molecule has 0 saturated carbocycles. The molecule has 0 amide bonds. The zero-order valence-electron chi connectivity index (χ0n) is 14.9. The monoisotopic (exact) mass is 360 g/mol. The Bertz CT molecular complexity index is 770. The number of hydrogen-bond acceptors (Lipinski definition) is 5. The van der Waals surface area contributed by atoms with Crippen LogP contribution < -0.4 is 9.64 Å². The van der Waals surface area contributed by atoms with E-state index in [0.29, 0.717) is 17.7 Å². The first-order valence-corrected chi connectivity index (χ1v) is 8.86. The lowest BCUT2D eigenvalue weighted by atomic mass is 9.97. The van der Waals surface area contributed by atoms with Gasteiger partial charge in [-0.15, -0.1) is 0 Å². The van der Waals surface area contributed by atoms with Gasteiger partial charge in [0.2, 0.25) is 5.95 Å². The SMILES string of the molecule is CC1C2CC(C)(Oc3ccc(F)cc3)CN2CCN1c1ncc(F)cn1. The smallest absolute Gasteiger partial charge is 0.225 e. The molecule has 7 heteroatoms. The first kappa shape index (κ1) is 17.1. The molecule has 3 atom stereocenters. The summed E-state index contributed by atoms with van der Waals surface area (Å²) in [7, 11) is 0. The molecule has 2 aliphatic heterocycles. The summed E-state index contributed by atoms with van der Waals surface area (Å²) in [4.78, 5) is 12.8. The molecule has 1 aromatic carbocycles. The van der Waals surface area contributed by atoms with Crippen molar-refractivity contribution in [2.24, 2.45) is 0 Å². The maximum atomic E-state index is 13.1. The van der Waals surface area contributed by atoms with Crippen molar-refractivity contribution in [3.8, 4) is 5.75 Å². The van der Waals surface area contributed by atoms with Gasteiger partial charge >= 0.3 is 0 Å². The fourth-order valence-electron chi connectivity index (χ4n) is 4.15. The fraction of sp³-hybridized carbons (Fsp3) is 0.474. The largest absolute Gasteiger partial charge is 0.486 e. The number of benzene rings is 1. The quantitative estimate of drug-likeness (QED) is 0.842. The molecule has 0 N–H and O–H groups in total. The fourth-order valence-corrected chi connectivity index (χ4v) is 4.15. The molecule has 2 aromatic rings. The van der Waals surface area contributed by atoms with E-state index in [0.717, 1.165) is 26.1 Å². The van der Waals surface area contributed by atoms with E-state index in [9.17, 15) is 8.78 Å². The van der Waals surface area contributed by atoms with Gasteiger partial charge in [0, 0.05) is 38.1 Å². The summed E-state index contributed by atoms with van der Waals surface area (Å²) in [6, 6.07) is 6.64. The summed E-state index contributed by atoms with van der Waals surface area (Å²) in [6.45, 7) is 6.72. The van der Waals surface area contributed by atoms with Crippen LogP contribution in [0.15, 0.2) is 36.7 Å². The lowest BCUT2D eigenvalue weighted by Crippen LogP contribution is -2.56. The van der Waals surface area contributed by atoms with Gasteiger partial charge in [-0.25, -0.2) is 18.7 Å². The van der Waals surface area contributed by atoms with Crippen molar-refractivity contribution in [3.63, 3.8) is 0 Å². The van der Waals surface area contributed by atoms with Gasteiger partial charge in [0.1, 0.15) is 17.2 Å². The molecule has 2 fully saturated rings. The Balaban J connectivity index is 1.49. The van der Waals surface area contributed by atoms with Crippen molar-refractivity contribution in [3.05, 3.63) is 48.3 Å². The highest BCUT2D eigenvalue weighted by Gasteiger charge is 2.48. The van der Waals surface area contributed by atoms with Crippen LogP contribution in [0.4, 0.5) is 14.7 Å². The topological polar surface area (TPSA) is 41.5 Å². The molecule has 3 unspecified atom stereocenters. The Morgan fingerprint density at radius 1 is 1.08 bits per heavy atom. The summed E-state index contributed by atoms with van der Waals surface area (Å²) < 4.78 is 32.4. The zero-order valence-corrected chi connectivity index (χ0v) is 14.9. The number of ether oxygens (including phenoxy) is 1. The van der Waals surface area contributed by atoms with Crippen LogP contribution in [0.1, 0.15) is 20.3 Å². The highest BCUT2D eigenvalue weighted by Crippen LogP contribution is 2.36. The van der Waals surface area contributed by atoms with Crippen LogP contribution in [-0.4, -0.2) is 52.2 Å². The Hall–Kier alpha value is -2.28. The molecule has 1 aromatic heterocycles. The van der Waals surface area contributed by atoms with Gasteiger partial charge in [-0.3, -0.25) is 4.90 Å². The number of aromatic nitrogens is 2. The predicted octanol–water partition coefficient (Wildman–Crippen LogP) is 2.88. The van der Waals surface area contributed by atoms with E-state index in [1.54, 1.807) is 12.1 Å². The minimum atomic E-state index is -0.429. The number of halogens is 2. The lowest BCUT2D eigenvalue weighted by molar-refractivity contribution is 0.0962. The zero-order chi connectivity index (χ0) is 18.3. The molecule has 26 heavy (non-hydrogen) atoms. The highest BCUT2D eigenvalue weighted by molar-refractivity contribution is 5.34. The second kappa shape index (κ2) is 6.46. The summed E-state index contributed by atoms with van der Waals surface area (Å²) in [5, 5.41) is 0. The summed E-state index contributed by atoms with van der Waals surface area (Å²) in [5.41, 5.74) is -0.337. The second-order valence-corrected chi connectivity index (χ2v) is 7.38. The summed E-state index contributed by atoms with van der Waals surface area (Å²) in [5.74, 6) is 0.544. The van der Waals surface area contributed by atoms with Gasteiger partial charge in [0.05, 0.1) is 12.4 Å². The van der Waals surface area contributed by atoms with E-state index >= 15 is 0 Å². The molecule has 138 valence electrons. The van der Waals surface area contributed by atoms with Crippen molar-refractivity contribution in [1.29, 1.82) is 0 Å². The third-order valence-electron chi connectivity index (χ3n) is 5.37. The Labute approximate surface area is 151 Å². The molecule has 4 rings (SSSR count). The van der Waals surface area contributed by atoms with Crippen LogP contribution in [0.25, 0.3) is 0 Å². The first-order chi connectivity index (χ1) is 12.4. The van der Waals surface area contributed by atoms with E-state index in [1.807, 2.05) is 0 Å². The molecule has 0 radical (unpaired) electrons. The number of nitrogens with zero attached hydrogens (tertiary/aromatic N) is 4. The van der Waals surface area contributed by atoms with E-state index in [2.05, 4.69) is 33.6 Å². The number of fused-ring (bicyclic) bond motifs is 1. The second-order valence-electron chi connectivity index (χ2n) is 7.38. The minimum absolute atomic E-state index is 0.188. The first-order valence-electron chi connectivity index (χ1n) is 8.86. The van der Waals surface area contributed by atoms with Crippen molar-refractivity contribution >= 4 is 5.95 Å². The molecule has 5 nitrogen and oxygen atoms in total. The van der Waals surface area contributed by atoms with Gasteiger partial charge in [-0.1, -0.05) is 0 Å². The van der Waals surface area contributed by atoms with Crippen LogP contribution in [0.3, 0.4) is 0 Å². The van der Waals surface area contributed by atoms with Gasteiger partial charge in [0.15, 0.2) is 5.82 Å². The van der Waals surface area contributed by atoms with Gasteiger partial charge in [-0.05, 0) is 38.1 Å². The Morgan fingerprint density at radius 2 is 1.77 bits per heavy atom. The Morgan fingerprint density at radius 3 is 2.46 bits per heavy atom. The van der Waals surface area contributed by atoms with Crippen molar-refractivity contribution in [2.75, 3.05) is 24.5 Å². The molecule has 2 saturated heterocycles. The van der Waals surface area contributed by atoms with E-state index < -0.39 is 5.82 Å². The van der Waals surface area contributed by atoms with Crippen LogP contribution in [0.2, 0.25) is 0 Å². The highest BCUT2D eigenvalue weighted by atomic mass is 19.1. The molecule has 0 bridgehead atoms. The van der Waals surface area contributed by atoms with Crippen molar-refractivity contribution in [1.82, 2.24) is 14.9 Å². The summed E-state index contributed by atoms with van der Waals surface area (Å²) in [6.07, 6.45) is 3.26. The number of anilines is 1. The number of rotatable bonds is 3. The maximum Gasteiger partial charge on any atom is 0.225 e. The third kappa shape index (κ3) is 3.23. The standard InChI is InChI=1S/C19H22F2N4O/c1-13-17-9-19(2,26-16-5-3-14(20)4-6-16)12-24(17)7-8-25(13)18-22-10-15(21)11-23-18/h3-6,10-11,13,17H,7-9,12H2,1-2H3. The predicted molar refractivity (Wildman–Crippen MR) is 94.2 cm³/mol. The van der Waals surface area contributed by atoms with E-state index in [-0.39, 0.29) is 17.5 Å². The summed E-state index contributed by atoms with van der Waals surface area (Å²) >= 11 is 0. The minimum Gasteiger partial charge on any atom is -0.486 e. The number of piperazine rings is 1. The molecular weight excluding hydrogens is 338 g/mol. The van der Waals surface area contributed by atoms with Crippen molar-refractivity contribution in [2.45, 2.75) is 38.0 Å².